The fourth-order valence-corrected chi connectivity index (χ4v) is 7.93. The van der Waals surface area contributed by atoms with Gasteiger partial charge in [-0.2, -0.15) is 0 Å². The lowest BCUT2D eigenvalue weighted by Gasteiger charge is -2.05. The van der Waals surface area contributed by atoms with Gasteiger partial charge >= 0.3 is 0 Å². The first-order valence-electron chi connectivity index (χ1n) is 9.16. The van der Waals surface area contributed by atoms with E-state index in [4.69, 9.17) is 0 Å². The van der Waals surface area contributed by atoms with Crippen molar-refractivity contribution in [1.82, 2.24) is 4.98 Å². The van der Waals surface area contributed by atoms with Crippen LogP contribution in [0.5, 0.6) is 0 Å². The largest absolute Gasteiger partial charge is 0.354 e. The molecule has 2 aliphatic heterocycles. The van der Waals surface area contributed by atoms with Crippen LogP contribution < -0.4 is 5.22 Å². The Morgan fingerprint density at radius 3 is 2.74 bits per heavy atom. The summed E-state index contributed by atoms with van der Waals surface area (Å²) in [5.74, 6) is 1.20. The standard InChI is InChI=1S/C15H15N.C8H5S2Si/c1-9-8-13-12-6-4-5-7-14(12)16-15(13)11(3)10(9)2;1-3-10-8-5(1)7-6(11-8)2-4-9-7/h4-8,16H,1-3H3;1-3H,4H2. The molecule has 4 aromatic rings. The highest BCUT2D eigenvalue weighted by Gasteiger charge is 2.16. The summed E-state index contributed by atoms with van der Waals surface area (Å²) in [6.07, 6.45) is 2.38. The molecule has 4 heteroatoms. The number of hydrogen-bond donors (Lipinski definition) is 1. The highest BCUT2D eigenvalue weighted by Crippen LogP contribution is 2.32. The Hall–Kier alpha value is -1.88. The molecular formula is C23H20NS2Si. The number of benzene rings is 2. The first-order valence-corrected chi connectivity index (χ1v) is 12.0. The molecular weight excluding hydrogens is 382 g/mol. The predicted molar refractivity (Wildman–Crippen MR) is 122 cm³/mol. The Bertz CT molecular complexity index is 1350. The third kappa shape index (κ3) is 2.78. The average Bonchev–Trinajstić information content (AvgIpc) is 3.41. The summed E-state index contributed by atoms with van der Waals surface area (Å²) in [6, 6.07) is 13.0. The molecule has 2 aromatic carbocycles. The second-order valence-corrected chi connectivity index (χ2v) is 10.7. The van der Waals surface area contributed by atoms with E-state index in [0.29, 0.717) is 0 Å². The molecule has 0 atom stereocenters. The van der Waals surface area contributed by atoms with Crippen LogP contribution in [0.2, 0.25) is 0 Å². The van der Waals surface area contributed by atoms with E-state index in [9.17, 15) is 0 Å². The summed E-state index contributed by atoms with van der Waals surface area (Å²) in [5, 5.41) is 8.01. The molecule has 0 spiro atoms. The van der Waals surface area contributed by atoms with Crippen LogP contribution in [-0.4, -0.2) is 19.9 Å². The van der Waals surface area contributed by atoms with Crippen molar-refractivity contribution in [3.8, 4) is 0 Å². The fraction of sp³-hybridized carbons (Fsp3) is 0.174. The molecule has 0 saturated carbocycles. The zero-order valence-corrected chi connectivity index (χ0v) is 18.3. The SMILES string of the molecule is C1=C2[Si]=c3sccc3=C2SC1.Cc1cc2c([nH]c3ccccc32)c(C)c1C. The molecule has 0 aliphatic carbocycles. The van der Waals surface area contributed by atoms with Gasteiger partial charge in [-0.3, -0.25) is 0 Å². The lowest BCUT2D eigenvalue weighted by Crippen LogP contribution is -1.94. The summed E-state index contributed by atoms with van der Waals surface area (Å²) in [5.41, 5.74) is 6.63. The van der Waals surface area contributed by atoms with Crippen molar-refractivity contribution in [1.29, 1.82) is 0 Å². The van der Waals surface area contributed by atoms with E-state index >= 15 is 0 Å². The zero-order valence-electron chi connectivity index (χ0n) is 15.6. The van der Waals surface area contributed by atoms with Crippen LogP contribution in [0.3, 0.4) is 0 Å². The summed E-state index contributed by atoms with van der Waals surface area (Å²) < 4.78 is 1.60. The molecule has 0 fully saturated rings. The Kier molecular flexibility index (Phi) is 4.23. The van der Waals surface area contributed by atoms with Gasteiger partial charge in [0.25, 0.3) is 0 Å². The van der Waals surface area contributed by atoms with Crippen molar-refractivity contribution in [2.24, 2.45) is 0 Å². The molecule has 0 unspecified atom stereocenters. The molecule has 0 amide bonds. The Morgan fingerprint density at radius 2 is 1.85 bits per heavy atom. The maximum Gasteiger partial charge on any atom is 0.0844 e. The smallest absolute Gasteiger partial charge is 0.0844 e. The maximum atomic E-state index is 3.51. The van der Waals surface area contributed by atoms with E-state index in [-0.39, 0.29) is 0 Å². The van der Waals surface area contributed by atoms with Crippen LogP contribution in [-0.2, 0) is 0 Å². The number of thioether (sulfide) groups is 1. The zero-order chi connectivity index (χ0) is 18.5. The summed E-state index contributed by atoms with van der Waals surface area (Å²) in [6.45, 7) is 6.57. The Morgan fingerprint density at radius 1 is 1.00 bits per heavy atom. The normalized spacial score (nSPS) is 14.6. The number of H-pyrrole nitrogens is 1. The van der Waals surface area contributed by atoms with Gasteiger partial charge in [0.15, 0.2) is 0 Å². The minimum Gasteiger partial charge on any atom is -0.354 e. The van der Waals surface area contributed by atoms with Crippen molar-refractivity contribution < 1.29 is 0 Å². The molecule has 1 N–H and O–H groups in total. The molecule has 133 valence electrons. The van der Waals surface area contributed by atoms with Crippen LogP contribution in [0.25, 0.3) is 26.7 Å². The lowest BCUT2D eigenvalue weighted by atomic mass is 10.00. The average molecular weight is 403 g/mol. The number of fused-ring (bicyclic) bond motifs is 5. The number of thiophene rings is 1. The minimum atomic E-state index is 0.960. The predicted octanol–water partition coefficient (Wildman–Crippen LogP) is 5.70. The third-order valence-electron chi connectivity index (χ3n) is 5.55. The van der Waals surface area contributed by atoms with Gasteiger partial charge in [0.2, 0.25) is 0 Å². The number of nitrogens with one attached hydrogen (secondary N) is 1. The molecule has 27 heavy (non-hydrogen) atoms. The molecule has 0 bridgehead atoms. The van der Waals surface area contributed by atoms with Gasteiger partial charge < -0.3 is 4.98 Å². The van der Waals surface area contributed by atoms with Crippen LogP contribution >= 0.6 is 23.1 Å². The number of hydrogen-bond acceptors (Lipinski definition) is 2. The van der Waals surface area contributed by atoms with Crippen LogP contribution in [0.4, 0.5) is 0 Å². The number of aromatic nitrogens is 1. The molecule has 1 radical (unpaired) electrons. The summed E-state index contributed by atoms with van der Waals surface area (Å²) in [7, 11) is 0.960. The van der Waals surface area contributed by atoms with Gasteiger partial charge in [-0.25, -0.2) is 0 Å². The highest BCUT2D eigenvalue weighted by atomic mass is 32.2. The van der Waals surface area contributed by atoms with E-state index in [1.54, 1.807) is 14.2 Å². The summed E-state index contributed by atoms with van der Waals surface area (Å²) >= 11 is 3.90. The second-order valence-electron chi connectivity index (χ2n) is 7.08. The van der Waals surface area contributed by atoms with Crippen LogP contribution in [0.15, 0.2) is 53.1 Å². The molecule has 6 rings (SSSR count). The van der Waals surface area contributed by atoms with E-state index in [2.05, 4.69) is 73.6 Å². The topological polar surface area (TPSA) is 15.8 Å². The highest BCUT2D eigenvalue weighted by molar-refractivity contribution is 8.08. The maximum absolute atomic E-state index is 3.51. The van der Waals surface area contributed by atoms with Gasteiger partial charge in [0.05, 0.1) is 9.13 Å². The molecule has 0 saturated heterocycles. The molecule has 1 nitrogen and oxygen atoms in total. The van der Waals surface area contributed by atoms with Gasteiger partial charge in [-0.1, -0.05) is 24.3 Å². The van der Waals surface area contributed by atoms with Crippen molar-refractivity contribution in [3.05, 3.63) is 79.1 Å². The van der Waals surface area contributed by atoms with Crippen molar-refractivity contribution in [2.45, 2.75) is 20.8 Å². The van der Waals surface area contributed by atoms with Gasteiger partial charge in [-0.15, -0.1) is 23.1 Å². The minimum absolute atomic E-state index is 0.960. The fourth-order valence-electron chi connectivity index (χ4n) is 3.83. The first-order chi connectivity index (χ1) is 13.1. The third-order valence-corrected chi connectivity index (χ3v) is 9.40. The number of aromatic amines is 1. The van der Waals surface area contributed by atoms with Crippen molar-refractivity contribution in [3.63, 3.8) is 0 Å². The monoisotopic (exact) mass is 402 g/mol. The van der Waals surface area contributed by atoms with Gasteiger partial charge in [-0.05, 0) is 66.2 Å². The van der Waals surface area contributed by atoms with Gasteiger partial charge in [0.1, 0.15) is 0 Å². The molecule has 2 aliphatic rings. The summed E-state index contributed by atoms with van der Waals surface area (Å²) in [4.78, 5) is 5.08. The number of rotatable bonds is 0. The number of aryl methyl sites for hydroxylation is 2. The Balaban J connectivity index is 0.000000127. The molecule has 4 heterocycles. The number of para-hydroxylation sites is 1. The first kappa shape index (κ1) is 17.2. The van der Waals surface area contributed by atoms with E-state index in [1.807, 2.05) is 23.1 Å². The van der Waals surface area contributed by atoms with Crippen molar-refractivity contribution >= 4 is 58.9 Å². The van der Waals surface area contributed by atoms with Crippen LogP contribution in [0.1, 0.15) is 16.7 Å². The van der Waals surface area contributed by atoms with Gasteiger partial charge in [0, 0.05) is 41.8 Å². The van der Waals surface area contributed by atoms with E-state index < -0.39 is 0 Å². The Labute approximate surface area is 169 Å². The lowest BCUT2D eigenvalue weighted by molar-refractivity contribution is 1.28. The quantitative estimate of drug-likeness (QED) is 0.373. The van der Waals surface area contributed by atoms with E-state index in [0.717, 1.165) is 9.13 Å². The van der Waals surface area contributed by atoms with E-state index in [1.165, 1.54) is 49.5 Å². The second kappa shape index (κ2) is 6.62. The molecule has 2 aromatic heterocycles. The van der Waals surface area contributed by atoms with Crippen molar-refractivity contribution in [2.75, 3.05) is 5.75 Å². The van der Waals surface area contributed by atoms with Crippen LogP contribution in [0, 0.1) is 24.9 Å².